The van der Waals surface area contributed by atoms with Gasteiger partial charge in [-0.15, -0.1) is 12.4 Å². The molecule has 3 rings (SSSR count). The van der Waals surface area contributed by atoms with Crippen LogP contribution < -0.4 is 10.6 Å². The Morgan fingerprint density at radius 3 is 2.81 bits per heavy atom. The molecule has 0 radical (unpaired) electrons. The summed E-state index contributed by atoms with van der Waals surface area (Å²) in [5, 5.41) is 7.05. The average Bonchev–Trinajstić information content (AvgIpc) is 2.86. The molecule has 2 aliphatic rings. The number of anilines is 1. The number of halogens is 2. The predicted octanol–water partition coefficient (Wildman–Crippen LogP) is 3.93. The summed E-state index contributed by atoms with van der Waals surface area (Å²) in [6.45, 7) is 1.99. The largest absolute Gasteiger partial charge is 0.323 e. The summed E-state index contributed by atoms with van der Waals surface area (Å²) in [6, 6.07) is 6.17. The van der Waals surface area contributed by atoms with Crippen LogP contribution in [0.2, 0.25) is 5.02 Å². The fraction of sp³-hybridized carbons (Fsp3) is 0.562. The molecule has 1 heterocycles. The van der Waals surface area contributed by atoms with Crippen molar-refractivity contribution in [3.63, 3.8) is 0 Å². The minimum absolute atomic E-state index is 0. The lowest BCUT2D eigenvalue weighted by Gasteiger charge is -2.24. The fourth-order valence-corrected chi connectivity index (χ4v) is 3.74. The van der Waals surface area contributed by atoms with Gasteiger partial charge < -0.3 is 10.6 Å². The first kappa shape index (κ1) is 16.6. The highest BCUT2D eigenvalue weighted by Gasteiger charge is 2.38. The second-order valence-corrected chi connectivity index (χ2v) is 6.49. The molecule has 21 heavy (non-hydrogen) atoms. The van der Waals surface area contributed by atoms with Crippen molar-refractivity contribution in [2.45, 2.75) is 51.1 Å². The van der Waals surface area contributed by atoms with Crippen molar-refractivity contribution in [1.82, 2.24) is 5.32 Å². The van der Waals surface area contributed by atoms with Gasteiger partial charge in [0.25, 0.3) is 0 Å². The van der Waals surface area contributed by atoms with Gasteiger partial charge in [0.15, 0.2) is 0 Å². The van der Waals surface area contributed by atoms with Gasteiger partial charge in [-0.25, -0.2) is 0 Å². The molecule has 1 saturated heterocycles. The molecule has 1 amide bonds. The van der Waals surface area contributed by atoms with Crippen LogP contribution in [0.4, 0.5) is 5.69 Å². The van der Waals surface area contributed by atoms with Crippen LogP contribution in [0.3, 0.4) is 0 Å². The van der Waals surface area contributed by atoms with Gasteiger partial charge in [-0.2, -0.15) is 0 Å². The van der Waals surface area contributed by atoms with Gasteiger partial charge in [0.1, 0.15) is 0 Å². The summed E-state index contributed by atoms with van der Waals surface area (Å²) in [7, 11) is 0. The van der Waals surface area contributed by atoms with Crippen molar-refractivity contribution in [1.29, 1.82) is 0 Å². The van der Waals surface area contributed by atoms with E-state index in [1.165, 1.54) is 25.7 Å². The fourth-order valence-electron chi connectivity index (χ4n) is 3.46. The molecule has 1 aliphatic heterocycles. The van der Waals surface area contributed by atoms with E-state index < -0.39 is 0 Å². The second kappa shape index (κ2) is 6.99. The van der Waals surface area contributed by atoms with E-state index in [1.54, 1.807) is 0 Å². The van der Waals surface area contributed by atoms with E-state index in [2.05, 4.69) is 10.6 Å². The Morgan fingerprint density at radius 2 is 2.10 bits per heavy atom. The van der Waals surface area contributed by atoms with Crippen molar-refractivity contribution in [2.24, 2.45) is 5.92 Å². The lowest BCUT2D eigenvalue weighted by molar-refractivity contribution is -0.117. The monoisotopic (exact) mass is 328 g/mol. The molecule has 1 saturated carbocycles. The van der Waals surface area contributed by atoms with Crippen LogP contribution in [0.15, 0.2) is 18.2 Å². The Kier molecular flexibility index (Phi) is 5.53. The molecular formula is C16H22Cl2N2O. The van der Waals surface area contributed by atoms with Crippen LogP contribution in [-0.4, -0.2) is 18.0 Å². The van der Waals surface area contributed by atoms with Gasteiger partial charge in [0, 0.05) is 6.04 Å². The number of fused-ring (bicyclic) bond motifs is 1. The molecule has 116 valence electrons. The van der Waals surface area contributed by atoms with Crippen molar-refractivity contribution < 1.29 is 4.79 Å². The number of hydrogen-bond donors (Lipinski definition) is 2. The number of amides is 1. The minimum Gasteiger partial charge on any atom is -0.323 e. The lowest BCUT2D eigenvalue weighted by atomic mass is 9.85. The van der Waals surface area contributed by atoms with E-state index in [1.807, 2.05) is 25.1 Å². The smallest absolute Gasteiger partial charge is 0.241 e. The summed E-state index contributed by atoms with van der Waals surface area (Å²) in [5.74, 6) is 0.721. The number of hydrogen-bond acceptors (Lipinski definition) is 2. The van der Waals surface area contributed by atoms with Crippen LogP contribution >= 0.6 is 24.0 Å². The highest BCUT2D eigenvalue weighted by atomic mass is 35.5. The molecule has 1 aromatic carbocycles. The molecule has 2 N–H and O–H groups in total. The third-order valence-electron chi connectivity index (χ3n) is 4.56. The molecule has 0 spiro atoms. The topological polar surface area (TPSA) is 41.1 Å². The molecular weight excluding hydrogens is 307 g/mol. The molecule has 5 heteroatoms. The van der Waals surface area contributed by atoms with Crippen molar-refractivity contribution >= 4 is 35.6 Å². The Bertz CT molecular complexity index is 507. The number of rotatable bonds is 2. The van der Waals surface area contributed by atoms with E-state index >= 15 is 0 Å². The Labute approximate surface area is 137 Å². The normalized spacial score (nSPS) is 27.6. The lowest BCUT2D eigenvalue weighted by Crippen LogP contribution is -2.39. The van der Waals surface area contributed by atoms with Gasteiger partial charge in [0.2, 0.25) is 5.91 Å². The van der Waals surface area contributed by atoms with Crippen LogP contribution in [0.1, 0.15) is 37.7 Å². The number of nitrogens with one attached hydrogen (secondary N) is 2. The second-order valence-electron chi connectivity index (χ2n) is 6.08. The van der Waals surface area contributed by atoms with Crippen LogP contribution in [-0.2, 0) is 4.79 Å². The van der Waals surface area contributed by atoms with Crippen molar-refractivity contribution in [3.8, 4) is 0 Å². The summed E-state index contributed by atoms with van der Waals surface area (Å²) >= 11 is 6.17. The maximum Gasteiger partial charge on any atom is 0.241 e. The van der Waals surface area contributed by atoms with Crippen molar-refractivity contribution in [3.05, 3.63) is 28.8 Å². The summed E-state index contributed by atoms with van der Waals surface area (Å²) in [5.41, 5.74) is 1.80. The van der Waals surface area contributed by atoms with Gasteiger partial charge in [-0.3, -0.25) is 4.79 Å². The van der Waals surface area contributed by atoms with Crippen LogP contribution in [0.5, 0.6) is 0 Å². The molecule has 3 nitrogen and oxygen atoms in total. The first-order valence-electron chi connectivity index (χ1n) is 7.46. The van der Waals surface area contributed by atoms with Crippen molar-refractivity contribution in [2.75, 3.05) is 5.32 Å². The number of aryl methyl sites for hydroxylation is 1. The molecule has 3 unspecified atom stereocenters. The zero-order valence-corrected chi connectivity index (χ0v) is 13.8. The predicted molar refractivity (Wildman–Crippen MR) is 89.4 cm³/mol. The Hall–Kier alpha value is -0.770. The van der Waals surface area contributed by atoms with Gasteiger partial charge in [-0.1, -0.05) is 30.5 Å². The molecule has 3 atom stereocenters. The van der Waals surface area contributed by atoms with E-state index in [9.17, 15) is 4.79 Å². The van der Waals surface area contributed by atoms with Crippen LogP contribution in [0.25, 0.3) is 0 Å². The highest BCUT2D eigenvalue weighted by molar-refractivity contribution is 6.33. The maximum atomic E-state index is 12.4. The first-order chi connectivity index (χ1) is 9.63. The summed E-state index contributed by atoms with van der Waals surface area (Å²) in [4.78, 5) is 12.4. The minimum atomic E-state index is -0.0690. The van der Waals surface area contributed by atoms with Gasteiger partial charge in [0.05, 0.1) is 16.8 Å². The van der Waals surface area contributed by atoms with Gasteiger partial charge >= 0.3 is 0 Å². The zero-order valence-electron chi connectivity index (χ0n) is 12.2. The SMILES string of the molecule is Cc1ccc(NC(=O)C2CC3CCCCC3N2)c(Cl)c1.Cl. The van der Waals surface area contributed by atoms with E-state index in [0.717, 1.165) is 12.0 Å². The number of carbonyl (C=O) groups is 1. The van der Waals surface area contributed by atoms with E-state index in [0.29, 0.717) is 22.7 Å². The molecule has 0 aromatic heterocycles. The van der Waals surface area contributed by atoms with Crippen LogP contribution in [0, 0.1) is 12.8 Å². The third-order valence-corrected chi connectivity index (χ3v) is 4.87. The number of benzene rings is 1. The Balaban J connectivity index is 0.00000161. The Morgan fingerprint density at radius 1 is 1.33 bits per heavy atom. The molecule has 1 aromatic rings. The molecule has 2 fully saturated rings. The average molecular weight is 329 g/mol. The first-order valence-corrected chi connectivity index (χ1v) is 7.84. The molecule has 0 bridgehead atoms. The quantitative estimate of drug-likeness (QED) is 0.863. The number of carbonyl (C=O) groups excluding carboxylic acids is 1. The van der Waals surface area contributed by atoms with Gasteiger partial charge in [-0.05, 0) is 49.8 Å². The standard InChI is InChI=1S/C16H21ClN2O.ClH/c1-10-6-7-14(12(17)8-10)19-16(20)15-9-11-4-2-3-5-13(11)18-15;/h6-8,11,13,15,18H,2-5,9H2,1H3,(H,19,20);1H. The maximum absolute atomic E-state index is 12.4. The third kappa shape index (κ3) is 3.71. The zero-order chi connectivity index (χ0) is 14.1. The summed E-state index contributed by atoms with van der Waals surface area (Å²) in [6.07, 6.45) is 6.01. The van der Waals surface area contributed by atoms with E-state index in [-0.39, 0.29) is 24.4 Å². The molecule has 1 aliphatic carbocycles. The highest BCUT2D eigenvalue weighted by Crippen LogP contribution is 2.33. The summed E-state index contributed by atoms with van der Waals surface area (Å²) < 4.78 is 0. The van der Waals surface area contributed by atoms with E-state index in [4.69, 9.17) is 11.6 Å².